The molecule has 0 radical (unpaired) electrons. The summed E-state index contributed by atoms with van der Waals surface area (Å²) in [5.74, 6) is 0.279. The molecule has 0 fully saturated rings. The van der Waals surface area contributed by atoms with E-state index >= 15 is 0 Å². The SMILES string of the molecule is CNC(C)CNC(=O)c1cc(-c2cccnc2)on1.Cl.Cl. The molecule has 1 amide bonds. The Labute approximate surface area is 135 Å². The first-order valence-corrected chi connectivity index (χ1v) is 6.03. The van der Waals surface area contributed by atoms with Gasteiger partial charge in [0.2, 0.25) is 0 Å². The van der Waals surface area contributed by atoms with E-state index < -0.39 is 0 Å². The van der Waals surface area contributed by atoms with Crippen molar-refractivity contribution in [3.05, 3.63) is 36.3 Å². The quantitative estimate of drug-likeness (QED) is 0.874. The number of carbonyl (C=O) groups excluding carboxylic acids is 1. The zero-order chi connectivity index (χ0) is 13.7. The van der Waals surface area contributed by atoms with Crippen LogP contribution in [-0.2, 0) is 0 Å². The normalized spacial score (nSPS) is 11.0. The number of aromatic nitrogens is 2. The standard InChI is InChI=1S/C13H16N4O2.2ClH/c1-9(14-2)7-16-13(18)11-6-12(19-17-11)10-4-3-5-15-8-10;;/h3-6,8-9,14H,7H2,1-2H3,(H,16,18);2*1H. The van der Waals surface area contributed by atoms with E-state index in [9.17, 15) is 4.79 Å². The summed E-state index contributed by atoms with van der Waals surface area (Å²) in [6.45, 7) is 2.51. The van der Waals surface area contributed by atoms with E-state index in [1.807, 2.05) is 20.0 Å². The second kappa shape index (κ2) is 9.33. The number of nitrogens with zero attached hydrogens (tertiary/aromatic N) is 2. The van der Waals surface area contributed by atoms with Crippen LogP contribution in [0.25, 0.3) is 11.3 Å². The van der Waals surface area contributed by atoms with Crippen LogP contribution in [0.4, 0.5) is 0 Å². The van der Waals surface area contributed by atoms with Crippen molar-refractivity contribution in [3.63, 3.8) is 0 Å². The van der Waals surface area contributed by atoms with E-state index in [2.05, 4.69) is 20.8 Å². The molecule has 1 atom stereocenters. The molecule has 0 saturated heterocycles. The Bertz CT molecular complexity index is 548. The zero-order valence-corrected chi connectivity index (χ0v) is 13.3. The summed E-state index contributed by atoms with van der Waals surface area (Å²) in [7, 11) is 1.84. The highest BCUT2D eigenvalue weighted by atomic mass is 35.5. The molecule has 0 aliphatic rings. The molecule has 0 spiro atoms. The lowest BCUT2D eigenvalue weighted by molar-refractivity contribution is 0.0941. The van der Waals surface area contributed by atoms with Gasteiger partial charge >= 0.3 is 0 Å². The molecular weight excluding hydrogens is 315 g/mol. The van der Waals surface area contributed by atoms with Gasteiger partial charge in [-0.3, -0.25) is 9.78 Å². The predicted molar refractivity (Wildman–Crippen MR) is 85.1 cm³/mol. The van der Waals surface area contributed by atoms with Gasteiger partial charge in [-0.1, -0.05) is 5.16 Å². The fourth-order valence-electron chi connectivity index (χ4n) is 1.47. The summed E-state index contributed by atoms with van der Waals surface area (Å²) in [5, 5.41) is 9.57. The third-order valence-electron chi connectivity index (χ3n) is 2.75. The summed E-state index contributed by atoms with van der Waals surface area (Å²) in [6, 6.07) is 5.45. The number of hydrogen-bond acceptors (Lipinski definition) is 5. The van der Waals surface area contributed by atoms with Crippen LogP contribution in [0.5, 0.6) is 0 Å². The van der Waals surface area contributed by atoms with Gasteiger partial charge in [0, 0.05) is 36.6 Å². The Morgan fingerprint density at radius 2 is 2.19 bits per heavy atom. The van der Waals surface area contributed by atoms with Gasteiger partial charge in [0.1, 0.15) is 0 Å². The van der Waals surface area contributed by atoms with Crippen LogP contribution >= 0.6 is 24.8 Å². The number of halogens is 2. The fourth-order valence-corrected chi connectivity index (χ4v) is 1.47. The lowest BCUT2D eigenvalue weighted by Crippen LogP contribution is -2.37. The minimum Gasteiger partial charge on any atom is -0.355 e. The lowest BCUT2D eigenvalue weighted by Gasteiger charge is -2.09. The maximum Gasteiger partial charge on any atom is 0.273 e. The Kier molecular flexibility index (Phi) is 8.61. The van der Waals surface area contributed by atoms with Gasteiger partial charge in [0.25, 0.3) is 5.91 Å². The van der Waals surface area contributed by atoms with E-state index in [1.165, 1.54) is 0 Å². The van der Waals surface area contributed by atoms with Gasteiger partial charge in [0.05, 0.1) is 0 Å². The van der Waals surface area contributed by atoms with E-state index in [-0.39, 0.29) is 42.5 Å². The smallest absolute Gasteiger partial charge is 0.273 e. The number of amides is 1. The Hall–Kier alpha value is -1.63. The van der Waals surface area contributed by atoms with Gasteiger partial charge in [-0.15, -0.1) is 24.8 Å². The Morgan fingerprint density at radius 3 is 2.81 bits per heavy atom. The van der Waals surface area contributed by atoms with E-state index in [0.717, 1.165) is 5.56 Å². The first-order chi connectivity index (χ1) is 9.20. The molecule has 0 bridgehead atoms. The summed E-state index contributed by atoms with van der Waals surface area (Å²) in [6.07, 6.45) is 3.33. The van der Waals surface area contributed by atoms with Crippen molar-refractivity contribution in [2.75, 3.05) is 13.6 Å². The molecule has 0 saturated carbocycles. The molecule has 6 nitrogen and oxygen atoms in total. The summed E-state index contributed by atoms with van der Waals surface area (Å²) in [5.41, 5.74) is 1.06. The molecule has 2 rings (SSSR count). The van der Waals surface area contributed by atoms with Crippen molar-refractivity contribution >= 4 is 30.7 Å². The average molecular weight is 333 g/mol. The van der Waals surface area contributed by atoms with Gasteiger partial charge < -0.3 is 15.2 Å². The monoisotopic (exact) mass is 332 g/mol. The van der Waals surface area contributed by atoms with Crippen molar-refractivity contribution in [2.24, 2.45) is 0 Å². The van der Waals surface area contributed by atoms with Gasteiger partial charge in [-0.05, 0) is 26.1 Å². The molecule has 21 heavy (non-hydrogen) atoms. The van der Waals surface area contributed by atoms with Gasteiger partial charge in [-0.25, -0.2) is 0 Å². The minimum atomic E-state index is -0.249. The van der Waals surface area contributed by atoms with Crippen molar-refractivity contribution in [3.8, 4) is 11.3 Å². The second-order valence-corrected chi connectivity index (χ2v) is 4.22. The molecule has 2 aromatic heterocycles. The molecule has 0 aromatic carbocycles. The fraction of sp³-hybridized carbons (Fsp3) is 0.308. The van der Waals surface area contributed by atoms with Crippen LogP contribution in [-0.4, -0.2) is 35.7 Å². The number of hydrogen-bond donors (Lipinski definition) is 2. The van der Waals surface area contributed by atoms with Crippen molar-refractivity contribution < 1.29 is 9.32 Å². The molecule has 1 unspecified atom stereocenters. The molecule has 2 N–H and O–H groups in total. The second-order valence-electron chi connectivity index (χ2n) is 4.22. The summed E-state index contributed by atoms with van der Waals surface area (Å²) >= 11 is 0. The van der Waals surface area contributed by atoms with E-state index in [0.29, 0.717) is 12.3 Å². The van der Waals surface area contributed by atoms with Crippen LogP contribution in [0.1, 0.15) is 17.4 Å². The molecule has 2 heterocycles. The maximum atomic E-state index is 11.8. The number of likely N-dealkylation sites (N-methyl/N-ethyl adjacent to an activating group) is 1. The van der Waals surface area contributed by atoms with Gasteiger partial charge in [-0.2, -0.15) is 0 Å². The van der Waals surface area contributed by atoms with Crippen LogP contribution in [0, 0.1) is 0 Å². The minimum absolute atomic E-state index is 0. The third-order valence-corrected chi connectivity index (χ3v) is 2.75. The lowest BCUT2D eigenvalue weighted by atomic mass is 10.2. The number of nitrogens with one attached hydrogen (secondary N) is 2. The van der Waals surface area contributed by atoms with Crippen LogP contribution in [0.15, 0.2) is 35.1 Å². The third kappa shape index (κ3) is 5.34. The van der Waals surface area contributed by atoms with E-state index in [4.69, 9.17) is 4.52 Å². The summed E-state index contributed by atoms with van der Waals surface area (Å²) in [4.78, 5) is 15.8. The first kappa shape index (κ1) is 19.4. The number of pyridine rings is 1. The van der Waals surface area contributed by atoms with Crippen molar-refractivity contribution in [2.45, 2.75) is 13.0 Å². The molecular formula is C13H18Cl2N4O2. The average Bonchev–Trinajstić information content (AvgIpc) is 2.95. The highest BCUT2D eigenvalue weighted by Crippen LogP contribution is 2.18. The molecule has 0 aliphatic carbocycles. The van der Waals surface area contributed by atoms with Crippen LogP contribution < -0.4 is 10.6 Å². The van der Waals surface area contributed by atoms with E-state index in [1.54, 1.807) is 24.5 Å². The maximum absolute atomic E-state index is 11.8. The van der Waals surface area contributed by atoms with Crippen molar-refractivity contribution in [1.82, 2.24) is 20.8 Å². The summed E-state index contributed by atoms with van der Waals surface area (Å²) < 4.78 is 5.14. The largest absolute Gasteiger partial charge is 0.355 e. The Balaban J connectivity index is 0.00000200. The topological polar surface area (TPSA) is 80.0 Å². The molecule has 2 aromatic rings. The highest BCUT2D eigenvalue weighted by Gasteiger charge is 2.13. The molecule has 0 aliphatic heterocycles. The van der Waals surface area contributed by atoms with Gasteiger partial charge in [0.15, 0.2) is 11.5 Å². The van der Waals surface area contributed by atoms with Crippen molar-refractivity contribution in [1.29, 1.82) is 0 Å². The van der Waals surface area contributed by atoms with Crippen LogP contribution in [0.3, 0.4) is 0 Å². The van der Waals surface area contributed by atoms with Crippen LogP contribution in [0.2, 0.25) is 0 Å². The number of carbonyl (C=O) groups is 1. The molecule has 8 heteroatoms. The Morgan fingerprint density at radius 1 is 1.43 bits per heavy atom. The first-order valence-electron chi connectivity index (χ1n) is 6.03. The molecule has 116 valence electrons. The predicted octanol–water partition coefficient (Wildman–Crippen LogP) is 1.92. The highest BCUT2D eigenvalue weighted by molar-refractivity contribution is 5.93. The zero-order valence-electron chi connectivity index (χ0n) is 11.7. The number of rotatable bonds is 5.